The Morgan fingerprint density at radius 2 is 1.97 bits per heavy atom. The van der Waals surface area contributed by atoms with Crippen molar-refractivity contribution in [2.24, 2.45) is 0 Å². The Morgan fingerprint density at radius 1 is 1.19 bits per heavy atom. The van der Waals surface area contributed by atoms with Crippen molar-refractivity contribution in [3.63, 3.8) is 0 Å². The number of aliphatic hydroxyl groups excluding tert-OH is 1. The fourth-order valence-corrected chi connectivity index (χ4v) is 4.97. The van der Waals surface area contributed by atoms with E-state index in [4.69, 9.17) is 16.0 Å². The van der Waals surface area contributed by atoms with Crippen molar-refractivity contribution in [1.29, 1.82) is 0 Å². The summed E-state index contributed by atoms with van der Waals surface area (Å²) in [6.07, 6.45) is 4.49. The molecule has 1 aromatic carbocycles. The van der Waals surface area contributed by atoms with Crippen molar-refractivity contribution >= 4 is 34.1 Å². The average molecular weight is 505 g/mol. The van der Waals surface area contributed by atoms with Crippen LogP contribution in [0.3, 0.4) is 0 Å². The van der Waals surface area contributed by atoms with E-state index in [1.54, 1.807) is 25.4 Å². The van der Waals surface area contributed by atoms with E-state index in [2.05, 4.69) is 20.2 Å². The maximum atomic E-state index is 13.4. The molecule has 186 valence electrons. The van der Waals surface area contributed by atoms with Gasteiger partial charge in [0.25, 0.3) is 0 Å². The van der Waals surface area contributed by atoms with E-state index >= 15 is 0 Å². The van der Waals surface area contributed by atoms with Gasteiger partial charge < -0.3 is 19.7 Å². The topological polar surface area (TPSA) is 91.5 Å². The van der Waals surface area contributed by atoms with Crippen LogP contribution in [0.25, 0.3) is 22.3 Å². The molecular formula is C28H29ClN4O3. The lowest BCUT2D eigenvalue weighted by atomic mass is 9.99. The van der Waals surface area contributed by atoms with Gasteiger partial charge in [0.05, 0.1) is 23.2 Å². The highest BCUT2D eigenvalue weighted by molar-refractivity contribution is 6.29. The molecule has 1 atom stereocenters. The molecule has 0 amide bonds. The predicted molar refractivity (Wildman–Crippen MR) is 144 cm³/mol. The summed E-state index contributed by atoms with van der Waals surface area (Å²) in [4.78, 5) is 24.3. The summed E-state index contributed by atoms with van der Waals surface area (Å²) in [5, 5.41) is 14.5. The zero-order valence-electron chi connectivity index (χ0n) is 20.6. The number of aliphatic hydroxyl groups is 1. The second kappa shape index (κ2) is 9.91. The fourth-order valence-electron chi connectivity index (χ4n) is 4.83. The Bertz CT molecular complexity index is 1460. The second-order valence-corrected chi connectivity index (χ2v) is 9.83. The van der Waals surface area contributed by atoms with Gasteiger partial charge >= 0.3 is 0 Å². The molecule has 0 saturated carbocycles. The van der Waals surface area contributed by atoms with Crippen LogP contribution >= 0.6 is 11.6 Å². The van der Waals surface area contributed by atoms with Crippen molar-refractivity contribution in [2.75, 3.05) is 23.3 Å². The Hall–Kier alpha value is -3.42. The third kappa shape index (κ3) is 4.68. The number of benzene rings is 1. The maximum Gasteiger partial charge on any atom is 0.196 e. The Balaban J connectivity index is 1.58. The first kappa shape index (κ1) is 24.3. The van der Waals surface area contributed by atoms with Crippen LogP contribution in [0.2, 0.25) is 5.15 Å². The number of halogens is 1. The minimum atomic E-state index is -0.283. The van der Waals surface area contributed by atoms with Gasteiger partial charge in [0.1, 0.15) is 16.5 Å². The van der Waals surface area contributed by atoms with Gasteiger partial charge in [-0.2, -0.15) is 0 Å². The predicted octanol–water partition coefficient (Wildman–Crippen LogP) is 5.65. The molecule has 1 unspecified atom stereocenters. The smallest absolute Gasteiger partial charge is 0.196 e. The Morgan fingerprint density at radius 3 is 2.69 bits per heavy atom. The number of aryl methyl sites for hydroxylation is 1. The van der Waals surface area contributed by atoms with Crippen molar-refractivity contribution in [3.05, 3.63) is 80.9 Å². The Labute approximate surface area is 214 Å². The molecule has 36 heavy (non-hydrogen) atoms. The van der Waals surface area contributed by atoms with E-state index in [0.29, 0.717) is 53.4 Å². The fraction of sp³-hybridized carbons (Fsp3) is 0.321. The molecule has 1 aliphatic heterocycles. The minimum Gasteiger partial charge on any atom is -0.455 e. The van der Waals surface area contributed by atoms with Crippen LogP contribution in [0.15, 0.2) is 58.0 Å². The second-order valence-electron chi connectivity index (χ2n) is 9.45. The first-order chi connectivity index (χ1) is 17.3. The van der Waals surface area contributed by atoms with Gasteiger partial charge in [0.2, 0.25) is 0 Å². The van der Waals surface area contributed by atoms with E-state index in [-0.39, 0.29) is 17.6 Å². The number of nitrogens with zero attached hydrogens (tertiary/aromatic N) is 3. The van der Waals surface area contributed by atoms with Crippen LogP contribution in [0.4, 0.5) is 11.5 Å². The van der Waals surface area contributed by atoms with Gasteiger partial charge in [0, 0.05) is 42.2 Å². The summed E-state index contributed by atoms with van der Waals surface area (Å²) in [5.74, 6) is 1.28. The Kier molecular flexibility index (Phi) is 6.69. The van der Waals surface area contributed by atoms with Crippen molar-refractivity contribution in [2.45, 2.75) is 45.8 Å². The van der Waals surface area contributed by atoms with E-state index in [9.17, 15) is 9.90 Å². The molecule has 0 radical (unpaired) electrons. The number of aromatic nitrogens is 2. The number of fused-ring (bicyclic) bond motifs is 1. The molecule has 7 nitrogen and oxygen atoms in total. The lowest BCUT2D eigenvalue weighted by Gasteiger charge is -2.32. The number of nitrogens with one attached hydrogen (secondary N) is 1. The molecule has 1 fully saturated rings. The number of hydrogen-bond donors (Lipinski definition) is 2. The highest BCUT2D eigenvalue weighted by Crippen LogP contribution is 2.35. The first-order valence-electron chi connectivity index (χ1n) is 12.2. The number of pyridine rings is 2. The molecule has 2 N–H and O–H groups in total. The molecule has 0 aliphatic carbocycles. The summed E-state index contributed by atoms with van der Waals surface area (Å²) >= 11 is 6.26. The third-order valence-corrected chi connectivity index (χ3v) is 6.97. The quantitative estimate of drug-likeness (QED) is 0.339. The summed E-state index contributed by atoms with van der Waals surface area (Å²) in [6.45, 7) is 7.21. The lowest BCUT2D eigenvalue weighted by molar-refractivity contribution is 0.145. The molecule has 3 aromatic heterocycles. The molecule has 0 bridgehead atoms. The zero-order valence-corrected chi connectivity index (χ0v) is 21.3. The zero-order chi connectivity index (χ0) is 25.4. The lowest BCUT2D eigenvalue weighted by Crippen LogP contribution is -2.36. The van der Waals surface area contributed by atoms with Crippen LogP contribution in [0, 0.1) is 13.8 Å². The van der Waals surface area contributed by atoms with Gasteiger partial charge in [-0.1, -0.05) is 17.7 Å². The van der Waals surface area contributed by atoms with Gasteiger partial charge in [0.15, 0.2) is 11.2 Å². The van der Waals surface area contributed by atoms with E-state index in [0.717, 1.165) is 28.2 Å². The molecule has 4 aromatic rings. The normalized spacial score (nSPS) is 15.3. The maximum absolute atomic E-state index is 13.4. The minimum absolute atomic E-state index is 0.0482. The van der Waals surface area contributed by atoms with Crippen LogP contribution in [0.1, 0.15) is 42.5 Å². The largest absolute Gasteiger partial charge is 0.455 e. The highest BCUT2D eigenvalue weighted by atomic mass is 35.5. The third-order valence-electron chi connectivity index (χ3n) is 6.76. The van der Waals surface area contributed by atoms with Gasteiger partial charge in [-0.05, 0) is 69.5 Å². The summed E-state index contributed by atoms with van der Waals surface area (Å²) in [7, 11) is 0. The first-order valence-corrected chi connectivity index (χ1v) is 12.5. The molecule has 5 rings (SSSR count). The van der Waals surface area contributed by atoms with Crippen LogP contribution in [-0.4, -0.2) is 34.3 Å². The standard InChI is InChI=1S/C28H29ClN4O3/c1-16-13-21(27-22(14-16)25(35)17(2)26(36-27)19-5-4-10-30-15-19)18(3)31-23-6-7-24(29)32-28(23)33-11-8-20(34)9-12-33/h4-7,10,13-15,18,20,31,34H,8-9,11-12H2,1-3H3. The molecule has 4 heterocycles. The van der Waals surface area contributed by atoms with E-state index < -0.39 is 0 Å². The molecular weight excluding hydrogens is 476 g/mol. The van der Waals surface area contributed by atoms with E-state index in [1.807, 2.05) is 44.2 Å². The summed E-state index contributed by atoms with van der Waals surface area (Å²) in [6, 6.07) is 11.1. The summed E-state index contributed by atoms with van der Waals surface area (Å²) < 4.78 is 6.43. The van der Waals surface area contributed by atoms with Gasteiger partial charge in [-0.15, -0.1) is 0 Å². The molecule has 8 heteroatoms. The number of piperidine rings is 1. The van der Waals surface area contributed by atoms with Crippen LogP contribution in [0.5, 0.6) is 0 Å². The summed E-state index contributed by atoms with van der Waals surface area (Å²) in [5.41, 5.74) is 4.52. The highest BCUT2D eigenvalue weighted by Gasteiger charge is 2.23. The van der Waals surface area contributed by atoms with Gasteiger partial charge in [-0.3, -0.25) is 9.78 Å². The van der Waals surface area contributed by atoms with Gasteiger partial charge in [-0.25, -0.2) is 4.98 Å². The number of hydrogen-bond acceptors (Lipinski definition) is 7. The number of anilines is 2. The molecule has 1 aliphatic rings. The molecule has 0 spiro atoms. The monoisotopic (exact) mass is 504 g/mol. The van der Waals surface area contributed by atoms with Crippen molar-refractivity contribution in [3.8, 4) is 11.3 Å². The van der Waals surface area contributed by atoms with Crippen LogP contribution < -0.4 is 15.6 Å². The van der Waals surface area contributed by atoms with Crippen LogP contribution in [-0.2, 0) is 0 Å². The van der Waals surface area contributed by atoms with Crippen molar-refractivity contribution < 1.29 is 9.52 Å². The number of rotatable bonds is 5. The van der Waals surface area contributed by atoms with Crippen molar-refractivity contribution in [1.82, 2.24) is 9.97 Å². The van der Waals surface area contributed by atoms with E-state index in [1.165, 1.54) is 0 Å². The SMILES string of the molecule is Cc1cc(C(C)Nc2ccc(Cl)nc2N2CCC(O)CC2)c2oc(-c3cccnc3)c(C)c(=O)c2c1. The molecule has 1 saturated heterocycles. The average Bonchev–Trinajstić information content (AvgIpc) is 2.88.